The molecule has 0 saturated heterocycles. The van der Waals surface area contributed by atoms with Gasteiger partial charge in [0.1, 0.15) is 5.75 Å². The van der Waals surface area contributed by atoms with Crippen LogP contribution in [0.25, 0.3) is 0 Å². The Morgan fingerprint density at radius 2 is 2.14 bits per heavy atom. The molecule has 0 radical (unpaired) electrons. The number of aromatic nitrogens is 1. The summed E-state index contributed by atoms with van der Waals surface area (Å²) in [6.07, 6.45) is 0. The van der Waals surface area contributed by atoms with Gasteiger partial charge in [0.15, 0.2) is 6.61 Å². The first-order valence-electron chi connectivity index (χ1n) is 6.87. The van der Waals surface area contributed by atoms with E-state index in [-0.39, 0.29) is 18.6 Å². The van der Waals surface area contributed by atoms with Gasteiger partial charge in [0, 0.05) is 5.38 Å². The van der Waals surface area contributed by atoms with Crippen molar-refractivity contribution in [2.24, 2.45) is 0 Å². The Morgan fingerprint density at radius 3 is 2.81 bits per heavy atom. The molecular weight excluding hydrogens is 284 g/mol. The normalized spacial score (nSPS) is 12.0. The number of ether oxygens (including phenoxy) is 1. The van der Waals surface area contributed by atoms with Crippen LogP contribution in [0.4, 0.5) is 0 Å². The lowest BCUT2D eigenvalue weighted by Gasteiger charge is -2.14. The molecule has 2 rings (SSSR count). The van der Waals surface area contributed by atoms with Crippen LogP contribution in [0.2, 0.25) is 0 Å². The highest BCUT2D eigenvalue weighted by atomic mass is 32.1. The Labute approximate surface area is 129 Å². The molecule has 0 bridgehead atoms. The molecule has 1 aromatic carbocycles. The Bertz CT molecular complexity index is 637. The highest BCUT2D eigenvalue weighted by molar-refractivity contribution is 7.09. The molecule has 0 aliphatic rings. The van der Waals surface area contributed by atoms with E-state index in [1.807, 2.05) is 51.3 Å². The number of hydrogen-bond acceptors (Lipinski definition) is 4. The Hall–Kier alpha value is -1.88. The molecule has 1 amide bonds. The van der Waals surface area contributed by atoms with E-state index in [2.05, 4.69) is 10.3 Å². The summed E-state index contributed by atoms with van der Waals surface area (Å²) in [7, 11) is 0. The molecule has 112 valence electrons. The summed E-state index contributed by atoms with van der Waals surface area (Å²) in [5, 5.41) is 5.86. The molecule has 0 saturated carbocycles. The van der Waals surface area contributed by atoms with Crippen LogP contribution in [0.3, 0.4) is 0 Å². The molecule has 1 heterocycles. The minimum atomic E-state index is -0.144. The van der Waals surface area contributed by atoms with E-state index in [0.29, 0.717) is 0 Å². The Kier molecular flexibility index (Phi) is 4.96. The molecule has 0 fully saturated rings. The fourth-order valence-corrected chi connectivity index (χ4v) is 2.67. The van der Waals surface area contributed by atoms with E-state index in [4.69, 9.17) is 4.74 Å². The zero-order valence-electron chi connectivity index (χ0n) is 12.8. The number of hydrogen-bond donors (Lipinski definition) is 1. The van der Waals surface area contributed by atoms with Crippen molar-refractivity contribution in [2.75, 3.05) is 6.61 Å². The number of aryl methyl sites for hydroxylation is 2. The summed E-state index contributed by atoms with van der Waals surface area (Å²) in [6.45, 7) is 7.90. The predicted molar refractivity (Wildman–Crippen MR) is 84.8 cm³/mol. The van der Waals surface area contributed by atoms with E-state index < -0.39 is 0 Å². The summed E-state index contributed by atoms with van der Waals surface area (Å²) in [5.74, 6) is 0.608. The number of nitrogens with zero attached hydrogens (tertiary/aromatic N) is 1. The molecule has 1 unspecified atom stereocenters. The lowest BCUT2D eigenvalue weighted by atomic mass is 10.1. The quantitative estimate of drug-likeness (QED) is 0.922. The lowest BCUT2D eigenvalue weighted by molar-refractivity contribution is -0.123. The first-order chi connectivity index (χ1) is 9.97. The van der Waals surface area contributed by atoms with E-state index in [0.717, 1.165) is 27.6 Å². The molecule has 1 aromatic heterocycles. The molecule has 0 aliphatic heterocycles. The smallest absolute Gasteiger partial charge is 0.258 e. The van der Waals surface area contributed by atoms with Gasteiger partial charge >= 0.3 is 0 Å². The lowest BCUT2D eigenvalue weighted by Crippen LogP contribution is -2.31. The second kappa shape index (κ2) is 6.72. The fourth-order valence-electron chi connectivity index (χ4n) is 1.96. The second-order valence-electron chi connectivity index (χ2n) is 5.07. The fraction of sp³-hybridized carbons (Fsp3) is 0.375. The summed E-state index contributed by atoms with van der Waals surface area (Å²) in [6, 6.07) is 5.72. The first-order valence-corrected chi connectivity index (χ1v) is 7.75. The number of amides is 1. The second-order valence-corrected chi connectivity index (χ2v) is 6.13. The minimum Gasteiger partial charge on any atom is -0.483 e. The van der Waals surface area contributed by atoms with Crippen LogP contribution in [-0.2, 0) is 4.79 Å². The number of carbonyl (C=O) groups is 1. The van der Waals surface area contributed by atoms with Gasteiger partial charge in [0.05, 0.1) is 16.7 Å². The van der Waals surface area contributed by atoms with Gasteiger partial charge in [-0.3, -0.25) is 4.79 Å². The van der Waals surface area contributed by atoms with Crippen molar-refractivity contribution in [1.29, 1.82) is 0 Å². The van der Waals surface area contributed by atoms with Gasteiger partial charge in [0.2, 0.25) is 0 Å². The van der Waals surface area contributed by atoms with Gasteiger partial charge in [-0.1, -0.05) is 12.1 Å². The summed E-state index contributed by atoms with van der Waals surface area (Å²) in [5.41, 5.74) is 3.10. The number of thiazole rings is 1. The molecule has 5 heteroatoms. The molecule has 4 nitrogen and oxygen atoms in total. The van der Waals surface area contributed by atoms with Crippen LogP contribution in [-0.4, -0.2) is 17.5 Å². The molecule has 1 N–H and O–H groups in total. The monoisotopic (exact) mass is 304 g/mol. The van der Waals surface area contributed by atoms with Crippen LogP contribution < -0.4 is 10.1 Å². The summed E-state index contributed by atoms with van der Waals surface area (Å²) >= 11 is 1.58. The third-order valence-electron chi connectivity index (χ3n) is 3.37. The van der Waals surface area contributed by atoms with Crippen LogP contribution >= 0.6 is 11.3 Å². The van der Waals surface area contributed by atoms with Crippen LogP contribution in [0.1, 0.15) is 34.8 Å². The summed E-state index contributed by atoms with van der Waals surface area (Å²) < 4.78 is 5.59. The van der Waals surface area contributed by atoms with Crippen molar-refractivity contribution >= 4 is 17.2 Å². The van der Waals surface area contributed by atoms with Crippen molar-refractivity contribution in [1.82, 2.24) is 10.3 Å². The molecule has 1 atom stereocenters. The van der Waals surface area contributed by atoms with Gasteiger partial charge in [-0.25, -0.2) is 4.98 Å². The van der Waals surface area contributed by atoms with Gasteiger partial charge in [0.25, 0.3) is 5.91 Å². The average molecular weight is 304 g/mol. The van der Waals surface area contributed by atoms with E-state index >= 15 is 0 Å². The van der Waals surface area contributed by atoms with Crippen molar-refractivity contribution in [2.45, 2.75) is 33.7 Å². The van der Waals surface area contributed by atoms with Gasteiger partial charge in [-0.2, -0.15) is 0 Å². The number of nitrogens with one attached hydrogen (secondary N) is 1. The minimum absolute atomic E-state index is 0.0117. The zero-order chi connectivity index (χ0) is 15.4. The van der Waals surface area contributed by atoms with Crippen molar-refractivity contribution in [3.63, 3.8) is 0 Å². The van der Waals surface area contributed by atoms with Gasteiger partial charge in [-0.05, 0) is 44.9 Å². The molecular formula is C16H20N2O2S. The van der Waals surface area contributed by atoms with E-state index in [1.54, 1.807) is 11.3 Å². The number of carbonyl (C=O) groups excluding carboxylic acids is 1. The standard InChI is InChI=1S/C16H20N2O2S/c1-10-6-5-7-15(11(10)2)20-8-16(19)17-12(3)14-9-21-13(4)18-14/h5-7,9,12H,8H2,1-4H3,(H,17,19). The summed E-state index contributed by atoms with van der Waals surface area (Å²) in [4.78, 5) is 16.3. The highest BCUT2D eigenvalue weighted by Gasteiger charge is 2.13. The molecule has 0 spiro atoms. The largest absolute Gasteiger partial charge is 0.483 e. The average Bonchev–Trinajstić information content (AvgIpc) is 2.87. The third kappa shape index (κ3) is 4.04. The number of rotatable bonds is 5. The SMILES string of the molecule is Cc1nc(C(C)NC(=O)COc2cccc(C)c2C)cs1. The third-order valence-corrected chi connectivity index (χ3v) is 4.16. The maximum Gasteiger partial charge on any atom is 0.258 e. The van der Waals surface area contributed by atoms with Crippen molar-refractivity contribution in [3.8, 4) is 5.75 Å². The van der Waals surface area contributed by atoms with E-state index in [9.17, 15) is 4.79 Å². The zero-order valence-corrected chi connectivity index (χ0v) is 13.6. The Balaban J connectivity index is 1.89. The van der Waals surface area contributed by atoms with Crippen molar-refractivity contribution < 1.29 is 9.53 Å². The number of benzene rings is 1. The maximum atomic E-state index is 11.9. The van der Waals surface area contributed by atoms with Gasteiger partial charge < -0.3 is 10.1 Å². The van der Waals surface area contributed by atoms with Crippen molar-refractivity contribution in [3.05, 3.63) is 45.4 Å². The molecule has 2 aromatic rings. The van der Waals surface area contributed by atoms with Crippen LogP contribution in [0.15, 0.2) is 23.6 Å². The first kappa shape index (κ1) is 15.5. The topological polar surface area (TPSA) is 51.2 Å². The van der Waals surface area contributed by atoms with E-state index in [1.165, 1.54) is 0 Å². The van der Waals surface area contributed by atoms with Crippen LogP contribution in [0.5, 0.6) is 5.75 Å². The highest BCUT2D eigenvalue weighted by Crippen LogP contribution is 2.20. The molecule has 0 aliphatic carbocycles. The molecule has 21 heavy (non-hydrogen) atoms. The van der Waals surface area contributed by atoms with Gasteiger partial charge in [-0.15, -0.1) is 11.3 Å². The maximum absolute atomic E-state index is 11.9. The predicted octanol–water partition coefficient (Wildman–Crippen LogP) is 3.32. The van der Waals surface area contributed by atoms with Crippen LogP contribution in [0, 0.1) is 20.8 Å². The Morgan fingerprint density at radius 1 is 1.38 bits per heavy atom.